The molecule has 1 aromatic carbocycles. The molecule has 1 aromatic heterocycles. The van der Waals surface area contributed by atoms with Crippen molar-refractivity contribution in [3.8, 4) is 17.0 Å². The second-order valence-corrected chi connectivity index (χ2v) is 4.67. The average molecular weight is 273 g/mol. The molecule has 106 valence electrons. The van der Waals surface area contributed by atoms with Crippen LogP contribution in [0.3, 0.4) is 0 Å². The van der Waals surface area contributed by atoms with E-state index in [0.717, 1.165) is 16.8 Å². The van der Waals surface area contributed by atoms with Gasteiger partial charge in [-0.25, -0.2) is 0 Å². The minimum absolute atomic E-state index is 0.222. The van der Waals surface area contributed by atoms with E-state index < -0.39 is 0 Å². The van der Waals surface area contributed by atoms with Crippen molar-refractivity contribution in [1.82, 2.24) is 15.3 Å². The molecule has 5 nitrogen and oxygen atoms in total. The van der Waals surface area contributed by atoms with Gasteiger partial charge in [-0.15, -0.1) is 0 Å². The van der Waals surface area contributed by atoms with Gasteiger partial charge in [0.25, 0.3) is 0 Å². The van der Waals surface area contributed by atoms with E-state index in [9.17, 15) is 5.11 Å². The van der Waals surface area contributed by atoms with Gasteiger partial charge in [0, 0.05) is 43.2 Å². The third kappa shape index (κ3) is 3.76. The first-order chi connectivity index (χ1) is 9.70. The molecule has 2 N–H and O–H groups in total. The zero-order chi connectivity index (χ0) is 14.4. The largest absolute Gasteiger partial charge is 0.508 e. The number of hydrogen-bond acceptors (Lipinski definition) is 5. The predicted molar refractivity (Wildman–Crippen MR) is 77.3 cm³/mol. The Kier molecular flexibility index (Phi) is 5.03. The lowest BCUT2D eigenvalue weighted by atomic mass is 10.1. The number of ether oxygens (including phenoxy) is 1. The Labute approximate surface area is 118 Å². The molecule has 0 aliphatic heterocycles. The van der Waals surface area contributed by atoms with Crippen LogP contribution < -0.4 is 5.32 Å². The summed E-state index contributed by atoms with van der Waals surface area (Å²) in [5.41, 5.74) is 2.56. The number of nitrogens with zero attached hydrogens (tertiary/aromatic N) is 2. The summed E-state index contributed by atoms with van der Waals surface area (Å²) in [7, 11) is 1.67. The third-order valence-corrected chi connectivity index (χ3v) is 3.00. The van der Waals surface area contributed by atoms with Crippen molar-refractivity contribution in [1.29, 1.82) is 0 Å². The first-order valence-corrected chi connectivity index (χ1v) is 6.51. The fourth-order valence-corrected chi connectivity index (χ4v) is 1.93. The molecule has 0 radical (unpaired) electrons. The molecule has 2 rings (SSSR count). The Hall–Kier alpha value is -1.98. The second kappa shape index (κ2) is 6.98. The molecule has 0 saturated carbocycles. The minimum atomic E-state index is 0.222. The van der Waals surface area contributed by atoms with Crippen molar-refractivity contribution in [2.24, 2.45) is 0 Å². The van der Waals surface area contributed by atoms with Crippen LogP contribution >= 0.6 is 0 Å². The van der Waals surface area contributed by atoms with Gasteiger partial charge in [-0.3, -0.25) is 9.97 Å². The summed E-state index contributed by atoms with van der Waals surface area (Å²) < 4.78 is 5.07. The highest BCUT2D eigenvalue weighted by Crippen LogP contribution is 2.24. The molecule has 0 saturated heterocycles. The highest BCUT2D eigenvalue weighted by molar-refractivity contribution is 5.60. The number of aromatic nitrogens is 2. The highest BCUT2D eigenvalue weighted by atomic mass is 16.5. The summed E-state index contributed by atoms with van der Waals surface area (Å²) in [6.07, 6.45) is 5.00. The van der Waals surface area contributed by atoms with E-state index in [-0.39, 0.29) is 11.8 Å². The number of benzene rings is 1. The fourth-order valence-electron chi connectivity index (χ4n) is 1.93. The molecule has 5 heteroatoms. The van der Waals surface area contributed by atoms with Gasteiger partial charge in [-0.05, 0) is 25.1 Å². The quantitative estimate of drug-likeness (QED) is 0.842. The lowest BCUT2D eigenvalue weighted by Crippen LogP contribution is -2.29. The van der Waals surface area contributed by atoms with Gasteiger partial charge in [0.15, 0.2) is 0 Å². The van der Waals surface area contributed by atoms with Crippen LogP contribution in [0, 0.1) is 0 Å². The van der Waals surface area contributed by atoms with Crippen molar-refractivity contribution in [3.63, 3.8) is 0 Å². The lowest BCUT2D eigenvalue weighted by molar-refractivity contribution is 0.171. The Bertz CT molecular complexity index is 546. The standard InChI is InChI=1S/C15H19N3O2/c1-11(10-20-2)18-8-13-7-12(3-4-15(13)19)14-9-16-5-6-17-14/h3-7,9,11,18-19H,8,10H2,1-2H3. The van der Waals surface area contributed by atoms with Crippen LogP contribution in [0.2, 0.25) is 0 Å². The Morgan fingerprint density at radius 2 is 2.20 bits per heavy atom. The summed E-state index contributed by atoms with van der Waals surface area (Å²) in [4.78, 5) is 8.31. The van der Waals surface area contributed by atoms with E-state index >= 15 is 0 Å². The average Bonchev–Trinajstić information content (AvgIpc) is 2.47. The summed E-state index contributed by atoms with van der Waals surface area (Å²) >= 11 is 0. The molecule has 0 fully saturated rings. The number of phenolic OH excluding ortho intramolecular Hbond substituents is 1. The smallest absolute Gasteiger partial charge is 0.120 e. The van der Waals surface area contributed by atoms with Crippen LogP contribution in [0.25, 0.3) is 11.3 Å². The normalized spacial score (nSPS) is 12.3. The van der Waals surface area contributed by atoms with Gasteiger partial charge < -0.3 is 15.2 Å². The lowest BCUT2D eigenvalue weighted by Gasteiger charge is -2.14. The SMILES string of the molecule is COCC(C)NCc1cc(-c2cnccn2)ccc1O. The topological polar surface area (TPSA) is 67.3 Å². The molecule has 20 heavy (non-hydrogen) atoms. The Balaban J connectivity index is 2.13. The zero-order valence-electron chi connectivity index (χ0n) is 11.7. The molecule has 1 unspecified atom stereocenters. The molecule has 2 aromatic rings. The summed E-state index contributed by atoms with van der Waals surface area (Å²) in [6, 6.07) is 5.66. The van der Waals surface area contributed by atoms with E-state index in [1.807, 2.05) is 19.1 Å². The van der Waals surface area contributed by atoms with Crippen LogP contribution in [-0.2, 0) is 11.3 Å². The van der Waals surface area contributed by atoms with Crippen LogP contribution in [0.4, 0.5) is 0 Å². The maximum Gasteiger partial charge on any atom is 0.120 e. The number of phenols is 1. The predicted octanol–water partition coefficient (Wildman–Crippen LogP) is 1.97. The van der Waals surface area contributed by atoms with Crippen LogP contribution in [0.5, 0.6) is 5.75 Å². The van der Waals surface area contributed by atoms with E-state index in [1.165, 1.54) is 0 Å². The second-order valence-electron chi connectivity index (χ2n) is 4.67. The van der Waals surface area contributed by atoms with Gasteiger partial charge in [-0.1, -0.05) is 0 Å². The van der Waals surface area contributed by atoms with Gasteiger partial charge in [0.2, 0.25) is 0 Å². The van der Waals surface area contributed by atoms with Crippen LogP contribution in [-0.4, -0.2) is 34.8 Å². The van der Waals surface area contributed by atoms with Crippen LogP contribution in [0.15, 0.2) is 36.8 Å². The van der Waals surface area contributed by atoms with Crippen molar-refractivity contribution in [2.45, 2.75) is 19.5 Å². The van der Waals surface area contributed by atoms with Gasteiger partial charge in [0.1, 0.15) is 5.75 Å². The number of rotatable bonds is 6. The van der Waals surface area contributed by atoms with Gasteiger partial charge >= 0.3 is 0 Å². The number of methoxy groups -OCH3 is 1. The maximum atomic E-state index is 9.92. The number of aromatic hydroxyl groups is 1. The van der Waals surface area contributed by atoms with E-state index in [0.29, 0.717) is 13.2 Å². The summed E-state index contributed by atoms with van der Waals surface area (Å²) in [5, 5.41) is 13.2. The first-order valence-electron chi connectivity index (χ1n) is 6.51. The van der Waals surface area contributed by atoms with E-state index in [1.54, 1.807) is 31.8 Å². The first kappa shape index (κ1) is 14.4. The maximum absolute atomic E-state index is 9.92. The molecule has 0 aliphatic carbocycles. The molecular weight excluding hydrogens is 254 g/mol. The van der Waals surface area contributed by atoms with Gasteiger partial charge in [0.05, 0.1) is 18.5 Å². The Morgan fingerprint density at radius 1 is 1.35 bits per heavy atom. The number of nitrogens with one attached hydrogen (secondary N) is 1. The molecule has 1 atom stereocenters. The minimum Gasteiger partial charge on any atom is -0.508 e. The molecule has 0 aliphatic rings. The van der Waals surface area contributed by atoms with Crippen LogP contribution in [0.1, 0.15) is 12.5 Å². The number of hydrogen-bond donors (Lipinski definition) is 2. The highest BCUT2D eigenvalue weighted by Gasteiger charge is 2.07. The van der Waals surface area contributed by atoms with Crippen molar-refractivity contribution < 1.29 is 9.84 Å². The third-order valence-electron chi connectivity index (χ3n) is 3.00. The monoisotopic (exact) mass is 273 g/mol. The fraction of sp³-hybridized carbons (Fsp3) is 0.333. The van der Waals surface area contributed by atoms with Crippen molar-refractivity contribution in [2.75, 3.05) is 13.7 Å². The van der Waals surface area contributed by atoms with Gasteiger partial charge in [-0.2, -0.15) is 0 Å². The Morgan fingerprint density at radius 3 is 2.90 bits per heavy atom. The summed E-state index contributed by atoms with van der Waals surface area (Å²) in [5.74, 6) is 0.273. The van der Waals surface area contributed by atoms with E-state index in [4.69, 9.17) is 4.74 Å². The molecule has 0 spiro atoms. The van der Waals surface area contributed by atoms with E-state index in [2.05, 4.69) is 15.3 Å². The summed E-state index contributed by atoms with van der Waals surface area (Å²) in [6.45, 7) is 3.24. The van der Waals surface area contributed by atoms with Crippen molar-refractivity contribution in [3.05, 3.63) is 42.4 Å². The molecule has 0 bridgehead atoms. The molecule has 1 heterocycles. The molecular formula is C15H19N3O2. The zero-order valence-corrected chi connectivity index (χ0v) is 11.7. The van der Waals surface area contributed by atoms with Crippen molar-refractivity contribution >= 4 is 0 Å². The molecule has 0 amide bonds.